The van der Waals surface area contributed by atoms with Gasteiger partial charge < -0.3 is 4.90 Å². The molecule has 0 aliphatic heterocycles. The van der Waals surface area contributed by atoms with E-state index >= 15 is 0 Å². The van der Waals surface area contributed by atoms with Crippen molar-refractivity contribution in [3.63, 3.8) is 0 Å². The van der Waals surface area contributed by atoms with Gasteiger partial charge >= 0.3 is 0 Å². The van der Waals surface area contributed by atoms with Gasteiger partial charge in [0, 0.05) is 19.8 Å². The lowest BCUT2D eigenvalue weighted by molar-refractivity contribution is 0.516. The van der Waals surface area contributed by atoms with E-state index in [0.29, 0.717) is 0 Å². The molecule has 0 spiro atoms. The molecule has 0 saturated carbocycles. The maximum atomic E-state index is 3.68. The van der Waals surface area contributed by atoms with Gasteiger partial charge in [0.25, 0.3) is 0 Å². The predicted octanol–water partition coefficient (Wildman–Crippen LogP) is 1.93. The van der Waals surface area contributed by atoms with Crippen LogP contribution in [0.2, 0.25) is 0 Å². The van der Waals surface area contributed by atoms with Crippen LogP contribution in [0.25, 0.3) is 0 Å². The zero-order valence-corrected chi connectivity index (χ0v) is 7.10. The predicted molar refractivity (Wildman–Crippen MR) is 43.0 cm³/mol. The Morgan fingerprint density at radius 2 is 1.38 bits per heavy atom. The zero-order valence-electron chi connectivity index (χ0n) is 5.47. The van der Waals surface area contributed by atoms with Crippen molar-refractivity contribution >= 4 is 24.8 Å². The Kier molecular flexibility index (Phi) is 14.0. The normalized spacial score (nSPS) is 5.88. The third-order valence-corrected chi connectivity index (χ3v) is 0.763. The van der Waals surface area contributed by atoms with Gasteiger partial charge in [-0.25, -0.2) is 0 Å². The molecule has 0 fully saturated rings. The Morgan fingerprint density at radius 3 is 1.38 bits per heavy atom. The van der Waals surface area contributed by atoms with Crippen LogP contribution in [0.1, 0.15) is 6.92 Å². The first-order valence-corrected chi connectivity index (χ1v) is 1.97. The molecule has 0 aromatic carbocycles. The van der Waals surface area contributed by atoms with Crippen molar-refractivity contribution < 1.29 is 0 Å². The molecule has 0 atom stereocenters. The summed E-state index contributed by atoms with van der Waals surface area (Å²) in [5, 5.41) is 0. The Balaban J connectivity index is -0.000000125. The number of hydrogen-bond acceptors (Lipinski definition) is 1. The summed E-state index contributed by atoms with van der Waals surface area (Å²) in [5.74, 6) is 0. The van der Waals surface area contributed by atoms with Crippen LogP contribution >= 0.6 is 24.8 Å². The van der Waals surface area contributed by atoms with Crippen LogP contribution in [0.5, 0.6) is 0 Å². The van der Waals surface area contributed by atoms with Gasteiger partial charge in [-0.3, -0.25) is 0 Å². The van der Waals surface area contributed by atoms with Gasteiger partial charge in [0.2, 0.25) is 0 Å². The highest BCUT2D eigenvalue weighted by molar-refractivity contribution is 5.85. The molecule has 0 aliphatic rings. The third-order valence-electron chi connectivity index (χ3n) is 0.763. The highest BCUT2D eigenvalue weighted by atomic mass is 35.5. The van der Waals surface area contributed by atoms with E-state index in [1.807, 2.05) is 25.9 Å². The van der Waals surface area contributed by atoms with Gasteiger partial charge in [-0.1, -0.05) is 6.58 Å². The molecular formula is C5H13Cl2N. The Bertz CT molecular complexity index is 61.4. The lowest BCUT2D eigenvalue weighted by Crippen LogP contribution is -2.05. The monoisotopic (exact) mass is 157 g/mol. The summed E-state index contributed by atoms with van der Waals surface area (Å²) in [7, 11) is 3.95. The van der Waals surface area contributed by atoms with E-state index in [-0.39, 0.29) is 24.8 Å². The Hall–Kier alpha value is 0.120. The molecule has 3 heteroatoms. The minimum absolute atomic E-state index is 0. The zero-order chi connectivity index (χ0) is 5.15. The summed E-state index contributed by atoms with van der Waals surface area (Å²) in [4.78, 5) is 1.97. The fourth-order valence-corrected chi connectivity index (χ4v) is 0. The molecule has 0 N–H and O–H groups in total. The average molecular weight is 158 g/mol. The van der Waals surface area contributed by atoms with Crippen molar-refractivity contribution in [1.82, 2.24) is 4.90 Å². The van der Waals surface area contributed by atoms with Crippen LogP contribution in [-0.4, -0.2) is 19.0 Å². The number of allylic oxidation sites excluding steroid dienone is 1. The second kappa shape index (κ2) is 7.12. The smallest absolute Gasteiger partial charge is 0.00578 e. The molecular weight excluding hydrogens is 145 g/mol. The molecule has 0 unspecified atom stereocenters. The molecule has 1 nitrogen and oxygen atoms in total. The summed E-state index contributed by atoms with van der Waals surface area (Å²) < 4.78 is 0. The number of hydrogen-bond donors (Lipinski definition) is 0. The minimum atomic E-state index is 0. The molecule has 0 heterocycles. The summed E-state index contributed by atoms with van der Waals surface area (Å²) in [6, 6.07) is 0. The van der Waals surface area contributed by atoms with E-state index < -0.39 is 0 Å². The van der Waals surface area contributed by atoms with E-state index in [2.05, 4.69) is 6.58 Å². The summed E-state index contributed by atoms with van der Waals surface area (Å²) in [6.07, 6.45) is 0. The topological polar surface area (TPSA) is 3.24 Å². The van der Waals surface area contributed by atoms with Gasteiger partial charge in [-0.2, -0.15) is 0 Å². The standard InChI is InChI=1S/C5H11N.2ClH/c1-5(2)6(3)4;;/h1H2,2-4H3;2*1H. The van der Waals surface area contributed by atoms with Crippen LogP contribution in [0, 0.1) is 0 Å². The quantitative estimate of drug-likeness (QED) is 0.563. The minimum Gasteiger partial charge on any atom is -0.382 e. The molecule has 0 amide bonds. The van der Waals surface area contributed by atoms with E-state index in [0.717, 1.165) is 5.70 Å². The van der Waals surface area contributed by atoms with Crippen LogP contribution in [-0.2, 0) is 0 Å². The SMILES string of the molecule is C=C(C)N(C)C.Cl.Cl. The molecule has 0 aliphatic carbocycles. The summed E-state index contributed by atoms with van der Waals surface area (Å²) in [6.45, 7) is 5.65. The second-order valence-electron chi connectivity index (χ2n) is 1.63. The third kappa shape index (κ3) is 9.45. The van der Waals surface area contributed by atoms with Crippen molar-refractivity contribution in [1.29, 1.82) is 0 Å². The lowest BCUT2D eigenvalue weighted by Gasteiger charge is -2.08. The largest absolute Gasteiger partial charge is 0.382 e. The number of rotatable bonds is 1. The second-order valence-corrected chi connectivity index (χ2v) is 1.63. The molecule has 0 saturated heterocycles. The van der Waals surface area contributed by atoms with E-state index in [9.17, 15) is 0 Å². The van der Waals surface area contributed by atoms with Gasteiger partial charge in [0.15, 0.2) is 0 Å². The molecule has 8 heavy (non-hydrogen) atoms. The van der Waals surface area contributed by atoms with Gasteiger partial charge in [0.1, 0.15) is 0 Å². The highest BCUT2D eigenvalue weighted by Gasteiger charge is 1.79. The van der Waals surface area contributed by atoms with Crippen molar-refractivity contribution in [3.05, 3.63) is 12.3 Å². The first-order valence-electron chi connectivity index (χ1n) is 1.97. The van der Waals surface area contributed by atoms with E-state index in [1.165, 1.54) is 0 Å². The lowest BCUT2D eigenvalue weighted by atomic mass is 10.5. The summed E-state index contributed by atoms with van der Waals surface area (Å²) >= 11 is 0. The van der Waals surface area contributed by atoms with E-state index in [1.54, 1.807) is 0 Å². The Morgan fingerprint density at radius 1 is 1.25 bits per heavy atom. The molecule has 0 bridgehead atoms. The van der Waals surface area contributed by atoms with Gasteiger partial charge in [0.05, 0.1) is 0 Å². The van der Waals surface area contributed by atoms with Crippen LogP contribution in [0.3, 0.4) is 0 Å². The van der Waals surface area contributed by atoms with Crippen molar-refractivity contribution in [2.75, 3.05) is 14.1 Å². The van der Waals surface area contributed by atoms with Crippen molar-refractivity contribution in [2.45, 2.75) is 6.92 Å². The molecule has 0 radical (unpaired) electrons. The fraction of sp³-hybridized carbons (Fsp3) is 0.600. The van der Waals surface area contributed by atoms with Gasteiger partial charge in [-0.15, -0.1) is 24.8 Å². The number of nitrogens with zero attached hydrogens (tertiary/aromatic N) is 1. The highest BCUT2D eigenvalue weighted by Crippen LogP contribution is 1.86. The molecule has 0 rings (SSSR count). The average Bonchev–Trinajstić information content (AvgIpc) is 1.36. The van der Waals surface area contributed by atoms with E-state index in [4.69, 9.17) is 0 Å². The molecule has 0 aromatic rings. The maximum Gasteiger partial charge on any atom is 0.00578 e. The fourth-order valence-electron chi connectivity index (χ4n) is 0. The Labute approximate surface area is 63.6 Å². The summed E-state index contributed by atoms with van der Waals surface area (Å²) in [5.41, 5.74) is 1.09. The van der Waals surface area contributed by atoms with Crippen LogP contribution in [0.15, 0.2) is 12.3 Å². The van der Waals surface area contributed by atoms with Crippen LogP contribution < -0.4 is 0 Å². The van der Waals surface area contributed by atoms with Gasteiger partial charge in [-0.05, 0) is 6.92 Å². The maximum absolute atomic E-state index is 3.68. The molecule has 52 valence electrons. The first kappa shape index (κ1) is 15.7. The molecule has 0 aromatic heterocycles. The van der Waals surface area contributed by atoms with Crippen molar-refractivity contribution in [3.8, 4) is 0 Å². The number of halogens is 2. The first-order chi connectivity index (χ1) is 2.64. The van der Waals surface area contributed by atoms with Crippen LogP contribution in [0.4, 0.5) is 0 Å². The van der Waals surface area contributed by atoms with Crippen molar-refractivity contribution in [2.24, 2.45) is 0 Å².